The van der Waals surface area contributed by atoms with Crippen molar-refractivity contribution in [1.29, 1.82) is 0 Å². The Labute approximate surface area is 132 Å². The predicted molar refractivity (Wildman–Crippen MR) is 82.2 cm³/mol. The first kappa shape index (κ1) is 19.7. The van der Waals surface area contributed by atoms with E-state index < -0.39 is 41.6 Å². The van der Waals surface area contributed by atoms with Gasteiger partial charge in [-0.15, -0.1) is 0 Å². The number of nitrogens with one attached hydrogen (secondary N) is 1. The number of carbonyl (C=O) groups excluding carboxylic acids is 3. The minimum absolute atomic E-state index is 0.00446. The molecule has 0 fully saturated rings. The molecule has 0 aliphatic heterocycles. The van der Waals surface area contributed by atoms with E-state index in [1.54, 1.807) is 0 Å². The Hall–Kier alpha value is -1.26. The molecule has 0 rings (SSSR count). The van der Waals surface area contributed by atoms with Gasteiger partial charge in [-0.1, -0.05) is 0 Å². The van der Waals surface area contributed by atoms with Gasteiger partial charge in [0, 0.05) is 17.9 Å². The summed E-state index contributed by atoms with van der Waals surface area (Å²) in [5, 5.41) is 11.2. The third kappa shape index (κ3) is 7.34. The molecule has 0 saturated heterocycles. The zero-order valence-electron chi connectivity index (χ0n) is 11.2. The first-order valence-corrected chi connectivity index (χ1v) is 7.30. The average molecular weight is 337 g/mol. The number of amides is 2. The third-order valence-corrected chi connectivity index (χ3v) is 3.47. The first-order chi connectivity index (χ1) is 9.72. The number of carboxylic acid groups (broad SMARTS) is 1. The van der Waals surface area contributed by atoms with Crippen molar-refractivity contribution in [2.24, 2.45) is 17.4 Å². The predicted octanol–water partition coefficient (Wildman–Crippen LogP) is -1.81. The largest absolute Gasteiger partial charge is 0.481 e. The summed E-state index contributed by atoms with van der Waals surface area (Å²) in [6, 6.07) is -2.15. The van der Waals surface area contributed by atoms with Crippen molar-refractivity contribution in [2.75, 3.05) is 11.5 Å². The highest BCUT2D eigenvalue weighted by Crippen LogP contribution is 2.09. The molecule has 0 bridgehead atoms. The van der Waals surface area contributed by atoms with Crippen LogP contribution in [-0.4, -0.2) is 52.3 Å². The number of primary amides is 1. The maximum atomic E-state index is 11.9. The van der Waals surface area contributed by atoms with E-state index in [2.05, 4.69) is 30.6 Å². The second-order valence-corrected chi connectivity index (χ2v) is 5.14. The molecule has 0 spiro atoms. The highest BCUT2D eigenvalue weighted by molar-refractivity contribution is 7.80. The number of aliphatic carboxylic acids is 1. The van der Waals surface area contributed by atoms with Gasteiger partial charge in [0.2, 0.25) is 11.8 Å². The van der Waals surface area contributed by atoms with Crippen LogP contribution in [0.1, 0.15) is 12.8 Å². The molecule has 0 aromatic rings. The molecule has 0 aliphatic carbocycles. The molecule has 0 unspecified atom stereocenters. The molecule has 8 nitrogen and oxygen atoms in total. The number of hydrogen-bond acceptors (Lipinski definition) is 7. The topological polar surface area (TPSA) is 153 Å². The van der Waals surface area contributed by atoms with Gasteiger partial charge in [-0.25, -0.2) is 0 Å². The summed E-state index contributed by atoms with van der Waals surface area (Å²) in [4.78, 5) is 45.1. The Balaban J connectivity index is 4.63. The molecule has 21 heavy (non-hydrogen) atoms. The van der Waals surface area contributed by atoms with Crippen LogP contribution in [0.5, 0.6) is 0 Å². The monoisotopic (exact) mass is 337 g/mol. The van der Waals surface area contributed by atoms with Gasteiger partial charge < -0.3 is 21.9 Å². The number of thiol groups is 2. The van der Waals surface area contributed by atoms with Crippen LogP contribution in [0.2, 0.25) is 0 Å². The number of rotatable bonds is 10. The molecule has 0 heterocycles. The van der Waals surface area contributed by atoms with E-state index in [-0.39, 0.29) is 24.3 Å². The lowest BCUT2D eigenvalue weighted by molar-refractivity contribution is -0.143. The summed E-state index contributed by atoms with van der Waals surface area (Å²) in [7, 11) is 0. The van der Waals surface area contributed by atoms with E-state index in [0.29, 0.717) is 0 Å². The van der Waals surface area contributed by atoms with Gasteiger partial charge in [-0.05, 0) is 0 Å². The van der Waals surface area contributed by atoms with E-state index >= 15 is 0 Å². The molecule has 120 valence electrons. The summed E-state index contributed by atoms with van der Waals surface area (Å²) >= 11 is 7.79. The lowest BCUT2D eigenvalue weighted by Gasteiger charge is -2.19. The summed E-state index contributed by atoms with van der Waals surface area (Å²) < 4.78 is 0. The van der Waals surface area contributed by atoms with Crippen molar-refractivity contribution in [2.45, 2.75) is 24.9 Å². The second-order valence-electron chi connectivity index (χ2n) is 4.41. The van der Waals surface area contributed by atoms with E-state index in [0.717, 1.165) is 0 Å². The Morgan fingerprint density at radius 2 is 1.67 bits per heavy atom. The molecule has 0 aromatic heterocycles. The Morgan fingerprint density at radius 3 is 2.05 bits per heavy atom. The van der Waals surface area contributed by atoms with Gasteiger partial charge in [0.05, 0.1) is 24.4 Å². The quantitative estimate of drug-likeness (QED) is 0.258. The number of carboxylic acids is 1. The van der Waals surface area contributed by atoms with Crippen LogP contribution in [-0.2, 0) is 19.2 Å². The zero-order chi connectivity index (χ0) is 16.6. The van der Waals surface area contributed by atoms with Crippen molar-refractivity contribution < 1.29 is 24.3 Å². The molecule has 10 heteroatoms. The van der Waals surface area contributed by atoms with Crippen LogP contribution in [0.25, 0.3) is 0 Å². The number of hydrogen-bond donors (Lipinski definition) is 6. The van der Waals surface area contributed by atoms with Crippen LogP contribution in [0.15, 0.2) is 0 Å². The highest BCUT2D eigenvalue weighted by Gasteiger charge is 2.27. The molecule has 0 saturated carbocycles. The van der Waals surface area contributed by atoms with Gasteiger partial charge in [0.1, 0.15) is 0 Å². The lowest BCUT2D eigenvalue weighted by atomic mass is 10.0. The van der Waals surface area contributed by atoms with Crippen LogP contribution in [0, 0.1) is 5.92 Å². The normalized spacial score (nSPS) is 14.8. The Bertz CT molecular complexity index is 419. The van der Waals surface area contributed by atoms with Crippen LogP contribution < -0.4 is 16.8 Å². The SMILES string of the molecule is NC(=O)C[C@@H](N)C(=O)N[C@H](CS)C(=O)C[C@H](CS)C(=O)O. The average Bonchev–Trinajstić information content (AvgIpc) is 2.40. The number of carbonyl (C=O) groups is 4. The van der Waals surface area contributed by atoms with Gasteiger partial charge in [-0.3, -0.25) is 19.2 Å². The van der Waals surface area contributed by atoms with Crippen molar-refractivity contribution in [3.63, 3.8) is 0 Å². The third-order valence-electron chi connectivity index (χ3n) is 2.66. The lowest BCUT2D eigenvalue weighted by Crippen LogP contribution is -2.50. The van der Waals surface area contributed by atoms with E-state index in [9.17, 15) is 19.2 Å². The first-order valence-electron chi connectivity index (χ1n) is 6.04. The molecular formula is C11H19N3O5S2. The summed E-state index contributed by atoms with van der Waals surface area (Å²) in [6.07, 6.45) is -0.636. The summed E-state index contributed by atoms with van der Waals surface area (Å²) in [5.74, 6) is -4.08. The Morgan fingerprint density at radius 1 is 1.10 bits per heavy atom. The van der Waals surface area contributed by atoms with E-state index in [1.165, 1.54) is 0 Å². The highest BCUT2D eigenvalue weighted by atomic mass is 32.1. The number of ketones is 1. The molecular weight excluding hydrogens is 318 g/mol. The maximum Gasteiger partial charge on any atom is 0.307 e. The second kappa shape index (κ2) is 9.64. The molecule has 3 atom stereocenters. The fraction of sp³-hybridized carbons (Fsp3) is 0.636. The fourth-order valence-corrected chi connectivity index (χ4v) is 2.01. The van der Waals surface area contributed by atoms with E-state index in [1.807, 2.05) is 0 Å². The maximum absolute atomic E-state index is 11.9. The van der Waals surface area contributed by atoms with Crippen molar-refractivity contribution in [3.05, 3.63) is 0 Å². The van der Waals surface area contributed by atoms with E-state index in [4.69, 9.17) is 16.6 Å². The van der Waals surface area contributed by atoms with Crippen molar-refractivity contribution in [1.82, 2.24) is 5.32 Å². The van der Waals surface area contributed by atoms with Crippen molar-refractivity contribution >= 4 is 48.8 Å². The molecule has 0 aliphatic rings. The zero-order valence-corrected chi connectivity index (χ0v) is 13.0. The van der Waals surface area contributed by atoms with Crippen LogP contribution in [0.3, 0.4) is 0 Å². The van der Waals surface area contributed by atoms with Gasteiger partial charge >= 0.3 is 5.97 Å². The molecule has 0 aromatic carbocycles. The fourth-order valence-electron chi connectivity index (χ4n) is 1.43. The van der Waals surface area contributed by atoms with Crippen LogP contribution >= 0.6 is 25.3 Å². The van der Waals surface area contributed by atoms with Gasteiger partial charge in [-0.2, -0.15) is 25.3 Å². The number of nitrogens with two attached hydrogens (primary N) is 2. The molecule has 0 radical (unpaired) electrons. The summed E-state index contributed by atoms with van der Waals surface area (Å²) in [6.45, 7) is 0. The van der Waals surface area contributed by atoms with Crippen molar-refractivity contribution in [3.8, 4) is 0 Å². The van der Waals surface area contributed by atoms with Gasteiger partial charge in [0.25, 0.3) is 0 Å². The standard InChI is InChI=1S/C11H19N3O5S2/c12-6(2-9(13)16)10(17)14-7(4-21)8(15)1-5(3-20)11(18)19/h5-7,20-21H,1-4,12H2,(H2,13,16)(H,14,17)(H,18,19)/t5-,6-,7-/m1/s1. The van der Waals surface area contributed by atoms with Gasteiger partial charge in [0.15, 0.2) is 5.78 Å². The summed E-state index contributed by atoms with van der Waals surface area (Å²) in [5.41, 5.74) is 10.4. The number of Topliss-reactive ketones (excluding diaryl/α,β-unsaturated/α-hetero) is 1. The van der Waals surface area contributed by atoms with Crippen LogP contribution in [0.4, 0.5) is 0 Å². The molecule has 2 amide bonds. The smallest absolute Gasteiger partial charge is 0.307 e. The Kier molecular flexibility index (Phi) is 9.06. The minimum Gasteiger partial charge on any atom is -0.481 e. The molecule has 6 N–H and O–H groups in total. The minimum atomic E-state index is -1.17.